The lowest BCUT2D eigenvalue weighted by atomic mass is 9.96. The van der Waals surface area contributed by atoms with E-state index in [-0.39, 0.29) is 0 Å². The summed E-state index contributed by atoms with van der Waals surface area (Å²) in [5, 5.41) is 5.67. The lowest BCUT2D eigenvalue weighted by Gasteiger charge is -2.25. The van der Waals surface area contributed by atoms with Crippen molar-refractivity contribution < 1.29 is 0 Å². The van der Waals surface area contributed by atoms with Crippen molar-refractivity contribution in [2.24, 2.45) is 5.92 Å². The minimum Gasteiger partial charge on any atom is -0.316 e. The number of rotatable bonds is 6. The molecule has 1 saturated heterocycles. The van der Waals surface area contributed by atoms with Gasteiger partial charge in [0.15, 0.2) is 0 Å². The van der Waals surface area contributed by atoms with Gasteiger partial charge in [-0.2, -0.15) is 0 Å². The van der Waals surface area contributed by atoms with Crippen molar-refractivity contribution in [2.75, 3.05) is 33.2 Å². The monoisotopic (exact) mass is 252 g/mol. The summed E-state index contributed by atoms with van der Waals surface area (Å²) >= 11 is 1.87. The molecule has 2 rings (SSSR count). The van der Waals surface area contributed by atoms with Gasteiger partial charge in [0, 0.05) is 11.4 Å². The van der Waals surface area contributed by atoms with E-state index in [4.69, 9.17) is 0 Å². The topological polar surface area (TPSA) is 15.3 Å². The number of piperidine rings is 1. The zero-order valence-electron chi connectivity index (χ0n) is 10.8. The fraction of sp³-hybridized carbons (Fsp3) is 0.714. The highest BCUT2D eigenvalue weighted by Crippen LogP contribution is 2.14. The van der Waals surface area contributed by atoms with Crippen LogP contribution >= 0.6 is 11.3 Å². The van der Waals surface area contributed by atoms with Gasteiger partial charge in [0.25, 0.3) is 0 Å². The quantitative estimate of drug-likeness (QED) is 0.837. The molecular formula is C14H24N2S. The molecule has 1 aliphatic rings. The van der Waals surface area contributed by atoms with E-state index in [1.54, 1.807) is 0 Å². The summed E-state index contributed by atoms with van der Waals surface area (Å²) in [5.74, 6) is 0.910. The highest BCUT2D eigenvalue weighted by atomic mass is 32.1. The molecule has 0 saturated carbocycles. The Kier molecular flexibility index (Phi) is 5.49. The lowest BCUT2D eigenvalue weighted by molar-refractivity contribution is 0.276. The van der Waals surface area contributed by atoms with E-state index in [0.717, 1.165) is 5.92 Å². The van der Waals surface area contributed by atoms with Gasteiger partial charge in [0.2, 0.25) is 0 Å². The summed E-state index contributed by atoms with van der Waals surface area (Å²) in [4.78, 5) is 3.99. The summed E-state index contributed by atoms with van der Waals surface area (Å²) in [5.41, 5.74) is 0. The number of nitrogens with zero attached hydrogens (tertiary/aromatic N) is 1. The number of likely N-dealkylation sites (N-methyl/N-ethyl adjacent to an activating group) is 1. The molecule has 17 heavy (non-hydrogen) atoms. The molecule has 1 aliphatic heterocycles. The minimum absolute atomic E-state index is 0.910. The van der Waals surface area contributed by atoms with Gasteiger partial charge in [-0.3, -0.25) is 0 Å². The van der Waals surface area contributed by atoms with E-state index in [1.807, 2.05) is 11.3 Å². The molecular weight excluding hydrogens is 228 g/mol. The average molecular weight is 252 g/mol. The Bertz CT molecular complexity index is 291. The van der Waals surface area contributed by atoms with Crippen molar-refractivity contribution in [1.29, 1.82) is 0 Å². The van der Waals surface area contributed by atoms with Crippen LogP contribution in [0.5, 0.6) is 0 Å². The van der Waals surface area contributed by atoms with E-state index in [9.17, 15) is 0 Å². The summed E-state index contributed by atoms with van der Waals surface area (Å²) in [6.07, 6.45) is 5.35. The number of nitrogens with one attached hydrogen (secondary N) is 1. The number of thiophene rings is 1. The van der Waals surface area contributed by atoms with Crippen LogP contribution in [-0.4, -0.2) is 38.1 Å². The van der Waals surface area contributed by atoms with Crippen LogP contribution < -0.4 is 5.32 Å². The van der Waals surface area contributed by atoms with Crippen molar-refractivity contribution in [1.82, 2.24) is 10.2 Å². The fourth-order valence-corrected chi connectivity index (χ4v) is 3.14. The Balaban J connectivity index is 1.58. The second kappa shape index (κ2) is 7.14. The van der Waals surface area contributed by atoms with Gasteiger partial charge in [-0.25, -0.2) is 0 Å². The predicted molar refractivity (Wildman–Crippen MR) is 75.7 cm³/mol. The highest BCUT2D eigenvalue weighted by Gasteiger charge is 2.13. The largest absolute Gasteiger partial charge is 0.316 e. The Morgan fingerprint density at radius 3 is 3.12 bits per heavy atom. The lowest BCUT2D eigenvalue weighted by Crippen LogP contribution is -2.32. The molecule has 0 aromatic carbocycles. The molecule has 96 valence electrons. The van der Waals surface area contributed by atoms with Crippen molar-refractivity contribution >= 4 is 11.3 Å². The van der Waals surface area contributed by atoms with Crippen LogP contribution in [0.1, 0.15) is 24.1 Å². The van der Waals surface area contributed by atoms with E-state index >= 15 is 0 Å². The third-order valence-electron chi connectivity index (χ3n) is 3.64. The molecule has 1 N–H and O–H groups in total. The van der Waals surface area contributed by atoms with Crippen LogP contribution in [0.25, 0.3) is 0 Å². The molecule has 1 aromatic rings. The van der Waals surface area contributed by atoms with E-state index in [0.29, 0.717) is 0 Å². The van der Waals surface area contributed by atoms with Crippen LogP contribution in [0.4, 0.5) is 0 Å². The van der Waals surface area contributed by atoms with Gasteiger partial charge in [0.05, 0.1) is 0 Å². The molecule has 0 aliphatic carbocycles. The second-order valence-corrected chi connectivity index (χ2v) is 6.17. The maximum absolute atomic E-state index is 3.50. The molecule has 1 atom stereocenters. The van der Waals surface area contributed by atoms with Crippen LogP contribution in [0.15, 0.2) is 17.5 Å². The summed E-state index contributed by atoms with van der Waals surface area (Å²) in [6, 6.07) is 4.39. The first-order valence-corrected chi connectivity index (χ1v) is 7.64. The summed E-state index contributed by atoms with van der Waals surface area (Å²) in [7, 11) is 2.25. The molecule has 3 heteroatoms. The van der Waals surface area contributed by atoms with Crippen molar-refractivity contribution in [3.63, 3.8) is 0 Å². The zero-order valence-corrected chi connectivity index (χ0v) is 11.6. The Morgan fingerprint density at radius 2 is 2.41 bits per heavy atom. The normalized spacial score (nSPS) is 20.9. The summed E-state index contributed by atoms with van der Waals surface area (Å²) in [6.45, 7) is 4.90. The molecule has 0 bridgehead atoms. The summed E-state index contributed by atoms with van der Waals surface area (Å²) < 4.78 is 0. The molecule has 1 aromatic heterocycles. The standard InChI is InChI=1S/C14H24N2S/c1-16(10-7-14-5-3-11-17-14)9-6-13-4-2-8-15-12-13/h3,5,11,13,15H,2,4,6-10,12H2,1H3. The maximum atomic E-state index is 3.50. The van der Waals surface area contributed by atoms with E-state index < -0.39 is 0 Å². The third-order valence-corrected chi connectivity index (χ3v) is 4.57. The van der Waals surface area contributed by atoms with Gasteiger partial charge in [-0.05, 0) is 69.7 Å². The van der Waals surface area contributed by atoms with Crippen LogP contribution in [0, 0.1) is 5.92 Å². The van der Waals surface area contributed by atoms with Gasteiger partial charge >= 0.3 is 0 Å². The van der Waals surface area contributed by atoms with Crippen LogP contribution in [-0.2, 0) is 6.42 Å². The molecule has 1 unspecified atom stereocenters. The molecule has 1 fully saturated rings. The molecule has 0 radical (unpaired) electrons. The molecule has 0 amide bonds. The van der Waals surface area contributed by atoms with Crippen molar-refractivity contribution in [2.45, 2.75) is 25.7 Å². The molecule has 0 spiro atoms. The predicted octanol–water partition coefficient (Wildman–Crippen LogP) is 2.61. The van der Waals surface area contributed by atoms with Gasteiger partial charge in [-0.15, -0.1) is 11.3 Å². The Morgan fingerprint density at radius 1 is 1.47 bits per heavy atom. The number of hydrogen-bond donors (Lipinski definition) is 1. The van der Waals surface area contributed by atoms with Gasteiger partial charge < -0.3 is 10.2 Å². The molecule has 2 nitrogen and oxygen atoms in total. The maximum Gasteiger partial charge on any atom is 0.00579 e. The zero-order chi connectivity index (χ0) is 11.9. The first-order chi connectivity index (χ1) is 8.34. The van der Waals surface area contributed by atoms with Gasteiger partial charge in [-0.1, -0.05) is 6.07 Å². The smallest absolute Gasteiger partial charge is 0.00579 e. The van der Waals surface area contributed by atoms with Crippen molar-refractivity contribution in [3.05, 3.63) is 22.4 Å². The molecule has 2 heterocycles. The SMILES string of the molecule is CN(CCc1cccs1)CCC1CCCNC1. The third kappa shape index (κ3) is 4.78. The van der Waals surface area contributed by atoms with Gasteiger partial charge in [0.1, 0.15) is 0 Å². The number of hydrogen-bond acceptors (Lipinski definition) is 3. The van der Waals surface area contributed by atoms with E-state index in [2.05, 4.69) is 34.8 Å². The minimum atomic E-state index is 0.910. The van der Waals surface area contributed by atoms with Crippen LogP contribution in [0.2, 0.25) is 0 Å². The first kappa shape index (κ1) is 13.1. The average Bonchev–Trinajstić information content (AvgIpc) is 2.88. The van der Waals surface area contributed by atoms with Crippen molar-refractivity contribution in [3.8, 4) is 0 Å². The highest BCUT2D eigenvalue weighted by molar-refractivity contribution is 7.09. The van der Waals surface area contributed by atoms with E-state index in [1.165, 1.54) is 56.7 Å². The van der Waals surface area contributed by atoms with Crippen LogP contribution in [0.3, 0.4) is 0 Å². The first-order valence-electron chi connectivity index (χ1n) is 6.76. The second-order valence-electron chi connectivity index (χ2n) is 5.13. The Hall–Kier alpha value is -0.380. The Labute approximate surface area is 109 Å². The fourth-order valence-electron chi connectivity index (χ4n) is 2.44.